The Labute approximate surface area is 102 Å². The van der Waals surface area contributed by atoms with Gasteiger partial charge in [0.25, 0.3) is 0 Å². The summed E-state index contributed by atoms with van der Waals surface area (Å²) in [6.07, 6.45) is 1.14. The quantitative estimate of drug-likeness (QED) is 0.731. The molecule has 0 aromatic rings. The Hall–Kier alpha value is -0.820. The summed E-state index contributed by atoms with van der Waals surface area (Å²) in [5.74, 6) is 0.142. The summed E-state index contributed by atoms with van der Waals surface area (Å²) in [5.41, 5.74) is 0. The third-order valence-electron chi connectivity index (χ3n) is 3.41. The number of piperidine rings is 1. The number of carbonyl (C=O) groups excluding carboxylic acids is 1. The maximum Gasteiger partial charge on any atom is 0.410 e. The molecular weight excluding hydrogens is 244 g/mol. The molecule has 0 saturated carbocycles. The lowest BCUT2D eigenvalue weighted by Gasteiger charge is -2.34. The predicted molar refractivity (Wildman–Crippen MR) is 62.1 cm³/mol. The molecule has 2 aliphatic rings. The molecule has 0 aromatic carbocycles. The minimum Gasteiger partial charge on any atom is -0.448 e. The van der Waals surface area contributed by atoms with Gasteiger partial charge in [-0.1, -0.05) is 0 Å². The molecule has 0 aromatic heterocycles. The second-order valence-corrected chi connectivity index (χ2v) is 6.60. The van der Waals surface area contributed by atoms with E-state index in [4.69, 9.17) is 4.74 Å². The van der Waals surface area contributed by atoms with Gasteiger partial charge in [0, 0.05) is 19.1 Å². The first-order valence-corrected chi connectivity index (χ1v) is 7.56. The summed E-state index contributed by atoms with van der Waals surface area (Å²) >= 11 is 0. The monoisotopic (exact) mass is 262 g/mol. The molecule has 0 radical (unpaired) electrons. The molecule has 0 unspecified atom stereocenters. The smallest absolute Gasteiger partial charge is 0.410 e. The first kappa shape index (κ1) is 12.6. The minimum atomic E-state index is -3.08. The van der Waals surface area contributed by atoms with Crippen LogP contribution in [0.2, 0.25) is 0 Å². The number of ether oxygens (including phenoxy) is 1. The lowest BCUT2D eigenvalue weighted by Crippen LogP contribution is -2.47. The molecule has 98 valence electrons. The van der Waals surface area contributed by atoms with Crippen molar-refractivity contribution in [2.75, 3.05) is 32.0 Å². The largest absolute Gasteiger partial charge is 0.448 e. The predicted octanol–water partition coefficient (Wildman–Crippen LogP) is 0.253. The van der Waals surface area contributed by atoms with Gasteiger partial charge in [-0.15, -0.1) is 0 Å². The standard InChI is InChI=1S/C10H18N2O4S/c1-2-17(14,15)11-5-3-9(4-6-11)12-7-8-16-10(12)13/h9H,2-8H2,1H3. The second kappa shape index (κ2) is 4.81. The number of hydrogen-bond acceptors (Lipinski definition) is 4. The van der Waals surface area contributed by atoms with Crippen LogP contribution in [0.15, 0.2) is 0 Å². The van der Waals surface area contributed by atoms with Gasteiger partial charge < -0.3 is 9.64 Å². The molecule has 7 heteroatoms. The van der Waals surface area contributed by atoms with Crippen LogP contribution in [0, 0.1) is 0 Å². The molecule has 2 fully saturated rings. The van der Waals surface area contributed by atoms with E-state index in [9.17, 15) is 13.2 Å². The van der Waals surface area contributed by atoms with E-state index in [0.717, 1.165) is 0 Å². The lowest BCUT2D eigenvalue weighted by atomic mass is 10.1. The van der Waals surface area contributed by atoms with E-state index >= 15 is 0 Å². The van der Waals surface area contributed by atoms with Crippen molar-refractivity contribution in [3.05, 3.63) is 0 Å². The van der Waals surface area contributed by atoms with Gasteiger partial charge in [0.1, 0.15) is 6.61 Å². The molecule has 2 heterocycles. The Morgan fingerprint density at radius 2 is 1.94 bits per heavy atom. The Morgan fingerprint density at radius 1 is 1.29 bits per heavy atom. The SMILES string of the molecule is CCS(=O)(=O)N1CCC(N2CCOC2=O)CC1. The molecule has 2 aliphatic heterocycles. The molecule has 0 spiro atoms. The fourth-order valence-electron chi connectivity index (χ4n) is 2.35. The molecule has 1 amide bonds. The highest BCUT2D eigenvalue weighted by molar-refractivity contribution is 7.89. The number of sulfonamides is 1. The molecule has 0 bridgehead atoms. The normalized spacial score (nSPS) is 24.1. The van der Waals surface area contributed by atoms with Crippen LogP contribution in [0.1, 0.15) is 19.8 Å². The molecule has 0 atom stereocenters. The fourth-order valence-corrected chi connectivity index (χ4v) is 3.48. The van der Waals surface area contributed by atoms with E-state index in [1.165, 1.54) is 4.31 Å². The van der Waals surface area contributed by atoms with Crippen molar-refractivity contribution in [1.29, 1.82) is 0 Å². The first-order chi connectivity index (χ1) is 8.04. The fraction of sp³-hybridized carbons (Fsp3) is 0.900. The van der Waals surface area contributed by atoms with Crippen molar-refractivity contribution in [2.24, 2.45) is 0 Å². The number of nitrogens with zero attached hydrogens (tertiary/aromatic N) is 2. The molecule has 2 rings (SSSR count). The average Bonchev–Trinajstić information content (AvgIpc) is 2.76. The van der Waals surface area contributed by atoms with Crippen molar-refractivity contribution < 1.29 is 17.9 Å². The van der Waals surface area contributed by atoms with Gasteiger partial charge in [0.05, 0.1) is 12.3 Å². The third-order valence-corrected chi connectivity index (χ3v) is 5.30. The number of carbonyl (C=O) groups is 1. The van der Waals surface area contributed by atoms with Gasteiger partial charge in [-0.3, -0.25) is 0 Å². The zero-order chi connectivity index (χ0) is 12.5. The van der Waals surface area contributed by atoms with Gasteiger partial charge in [-0.05, 0) is 19.8 Å². The van der Waals surface area contributed by atoms with E-state index in [1.807, 2.05) is 0 Å². The average molecular weight is 262 g/mol. The van der Waals surface area contributed by atoms with Crippen LogP contribution in [0.5, 0.6) is 0 Å². The van der Waals surface area contributed by atoms with Gasteiger partial charge in [0.15, 0.2) is 0 Å². The van der Waals surface area contributed by atoms with Crippen molar-refractivity contribution in [1.82, 2.24) is 9.21 Å². The summed E-state index contributed by atoms with van der Waals surface area (Å²) in [4.78, 5) is 13.1. The number of amides is 1. The molecule has 2 saturated heterocycles. The number of rotatable bonds is 3. The van der Waals surface area contributed by atoms with Gasteiger partial charge in [-0.25, -0.2) is 17.5 Å². The van der Waals surface area contributed by atoms with Gasteiger partial charge in [0.2, 0.25) is 10.0 Å². The van der Waals surface area contributed by atoms with E-state index < -0.39 is 10.0 Å². The van der Waals surface area contributed by atoms with Crippen molar-refractivity contribution in [3.63, 3.8) is 0 Å². The maximum absolute atomic E-state index is 11.7. The second-order valence-electron chi connectivity index (χ2n) is 4.34. The van der Waals surface area contributed by atoms with Crippen LogP contribution < -0.4 is 0 Å². The molecule has 0 N–H and O–H groups in total. The van der Waals surface area contributed by atoms with Crippen molar-refractivity contribution >= 4 is 16.1 Å². The Morgan fingerprint density at radius 3 is 2.41 bits per heavy atom. The van der Waals surface area contributed by atoms with E-state index in [1.54, 1.807) is 11.8 Å². The third kappa shape index (κ3) is 2.55. The summed E-state index contributed by atoms with van der Waals surface area (Å²) in [6, 6.07) is 0.133. The van der Waals surface area contributed by atoms with E-state index in [0.29, 0.717) is 39.1 Å². The highest BCUT2D eigenvalue weighted by Crippen LogP contribution is 2.21. The molecule has 6 nitrogen and oxygen atoms in total. The maximum atomic E-state index is 11.7. The summed E-state index contributed by atoms with van der Waals surface area (Å²) in [5, 5.41) is 0. The first-order valence-electron chi connectivity index (χ1n) is 5.96. The Bertz CT molecular complexity index is 387. The lowest BCUT2D eigenvalue weighted by molar-refractivity contribution is 0.134. The zero-order valence-corrected chi connectivity index (χ0v) is 10.8. The number of hydrogen-bond donors (Lipinski definition) is 0. The van der Waals surface area contributed by atoms with Crippen LogP contribution >= 0.6 is 0 Å². The summed E-state index contributed by atoms with van der Waals surface area (Å²) < 4.78 is 29.7. The molecule has 0 aliphatic carbocycles. The summed E-state index contributed by atoms with van der Waals surface area (Å²) in [7, 11) is -3.08. The Kier molecular flexibility index (Phi) is 3.58. The van der Waals surface area contributed by atoms with Crippen LogP contribution in [0.4, 0.5) is 4.79 Å². The summed E-state index contributed by atoms with van der Waals surface area (Å²) in [6.45, 7) is 3.74. The van der Waals surface area contributed by atoms with Crippen LogP contribution in [-0.4, -0.2) is 61.8 Å². The molecular formula is C10H18N2O4S. The van der Waals surface area contributed by atoms with Crippen molar-refractivity contribution in [2.45, 2.75) is 25.8 Å². The minimum absolute atomic E-state index is 0.133. The van der Waals surface area contributed by atoms with Crippen LogP contribution in [0.25, 0.3) is 0 Å². The zero-order valence-electron chi connectivity index (χ0n) is 9.96. The highest BCUT2D eigenvalue weighted by atomic mass is 32.2. The van der Waals surface area contributed by atoms with Gasteiger partial charge in [-0.2, -0.15) is 0 Å². The topological polar surface area (TPSA) is 66.9 Å². The van der Waals surface area contributed by atoms with E-state index in [2.05, 4.69) is 0 Å². The van der Waals surface area contributed by atoms with Crippen LogP contribution in [-0.2, 0) is 14.8 Å². The Balaban J connectivity index is 1.92. The number of cyclic esters (lactones) is 1. The van der Waals surface area contributed by atoms with Crippen LogP contribution in [0.3, 0.4) is 0 Å². The van der Waals surface area contributed by atoms with Crippen molar-refractivity contribution in [3.8, 4) is 0 Å². The van der Waals surface area contributed by atoms with Gasteiger partial charge >= 0.3 is 6.09 Å². The molecule has 17 heavy (non-hydrogen) atoms. The highest BCUT2D eigenvalue weighted by Gasteiger charge is 2.34. The van der Waals surface area contributed by atoms with E-state index in [-0.39, 0.29) is 17.9 Å².